The molecule has 0 spiro atoms. The Morgan fingerprint density at radius 2 is 1.96 bits per heavy atom. The van der Waals surface area contributed by atoms with Crippen LogP contribution in [0.15, 0.2) is 35.4 Å². The van der Waals surface area contributed by atoms with E-state index in [2.05, 4.69) is 19.9 Å². The predicted octanol–water partition coefficient (Wildman–Crippen LogP) is 1.78. The Morgan fingerprint density at radius 3 is 2.63 bits per heavy atom. The summed E-state index contributed by atoms with van der Waals surface area (Å²) in [5.41, 5.74) is 0.543. The van der Waals surface area contributed by atoms with Crippen LogP contribution in [-0.4, -0.2) is 57.1 Å². The number of nitrogens with zero attached hydrogens (tertiary/aromatic N) is 2. The predicted molar refractivity (Wildman–Crippen MR) is 105 cm³/mol. The second-order valence-corrected chi connectivity index (χ2v) is 8.94. The fourth-order valence-corrected chi connectivity index (χ4v) is 4.70. The minimum Gasteiger partial charge on any atom is -0.379 e. The fraction of sp³-hybridized carbons (Fsp3) is 0.412. The molecule has 1 aromatic heterocycles. The van der Waals surface area contributed by atoms with E-state index in [0.717, 1.165) is 44.1 Å². The van der Waals surface area contributed by atoms with Crippen LogP contribution in [0.5, 0.6) is 0 Å². The van der Waals surface area contributed by atoms with E-state index in [4.69, 9.17) is 4.74 Å². The lowest BCUT2D eigenvalue weighted by Crippen LogP contribution is -2.37. The van der Waals surface area contributed by atoms with Gasteiger partial charge >= 0.3 is 0 Å². The van der Waals surface area contributed by atoms with Crippen LogP contribution < -0.4 is 10.0 Å². The summed E-state index contributed by atoms with van der Waals surface area (Å²) < 4.78 is 32.8. The molecule has 1 aliphatic heterocycles. The molecule has 2 heterocycles. The van der Waals surface area contributed by atoms with Gasteiger partial charge in [-0.1, -0.05) is 0 Å². The Bertz CT molecular complexity index is 875. The quantitative estimate of drug-likeness (QED) is 0.722. The molecule has 10 heteroatoms. The van der Waals surface area contributed by atoms with Crippen molar-refractivity contribution in [3.63, 3.8) is 0 Å². The van der Waals surface area contributed by atoms with Crippen molar-refractivity contribution >= 4 is 38.1 Å². The summed E-state index contributed by atoms with van der Waals surface area (Å²) >= 11 is 1.34. The van der Waals surface area contributed by atoms with E-state index in [1.54, 1.807) is 18.3 Å². The van der Waals surface area contributed by atoms with E-state index >= 15 is 0 Å². The van der Waals surface area contributed by atoms with Crippen LogP contribution in [0.25, 0.3) is 0 Å². The van der Waals surface area contributed by atoms with Crippen molar-refractivity contribution in [2.45, 2.75) is 18.2 Å². The smallest absolute Gasteiger partial charge is 0.263 e. The van der Waals surface area contributed by atoms with E-state index in [0.29, 0.717) is 10.8 Å². The van der Waals surface area contributed by atoms with Gasteiger partial charge in [-0.15, -0.1) is 11.3 Å². The molecule has 0 saturated carbocycles. The van der Waals surface area contributed by atoms with Crippen molar-refractivity contribution in [1.82, 2.24) is 9.88 Å². The largest absolute Gasteiger partial charge is 0.379 e. The number of carbonyl (C=O) groups is 1. The first-order chi connectivity index (χ1) is 12.9. The van der Waals surface area contributed by atoms with Gasteiger partial charge in [0.2, 0.25) is 5.91 Å². The highest BCUT2D eigenvalue weighted by Crippen LogP contribution is 2.23. The Hall–Kier alpha value is -2.01. The van der Waals surface area contributed by atoms with Gasteiger partial charge in [0, 0.05) is 43.3 Å². The minimum atomic E-state index is -3.72. The molecule has 1 aromatic carbocycles. The van der Waals surface area contributed by atoms with Crippen LogP contribution in [0.1, 0.15) is 11.8 Å². The first-order valence-electron chi connectivity index (χ1n) is 8.58. The van der Waals surface area contributed by atoms with Gasteiger partial charge < -0.3 is 10.1 Å². The Kier molecular flexibility index (Phi) is 6.42. The zero-order valence-electron chi connectivity index (χ0n) is 15.0. The molecule has 3 rings (SSSR count). The summed E-state index contributed by atoms with van der Waals surface area (Å²) in [6, 6.07) is 5.98. The molecular weight excluding hydrogens is 388 g/mol. The molecule has 0 bridgehead atoms. The molecule has 8 nitrogen and oxygen atoms in total. The maximum Gasteiger partial charge on any atom is 0.263 e. The van der Waals surface area contributed by atoms with Crippen LogP contribution in [0.3, 0.4) is 0 Å². The van der Waals surface area contributed by atoms with Crippen molar-refractivity contribution < 1.29 is 17.9 Å². The molecule has 0 unspecified atom stereocenters. The number of carbonyl (C=O) groups excluding carboxylic acids is 1. The standard InChI is InChI=1S/C17H22N4O4S2/c1-13(22)19-14-2-4-16(5-3-14)27(23,24)20-17-18-12-15(26-17)6-7-21-8-10-25-11-9-21/h2-5,12H,6-11H2,1H3,(H,18,20)(H,19,22). The zero-order chi connectivity index (χ0) is 19.3. The molecule has 2 aromatic rings. The van der Waals surface area contributed by atoms with E-state index in [1.807, 2.05) is 0 Å². The van der Waals surface area contributed by atoms with Gasteiger partial charge in [0.15, 0.2) is 5.13 Å². The van der Waals surface area contributed by atoms with E-state index in [9.17, 15) is 13.2 Å². The van der Waals surface area contributed by atoms with Crippen LogP contribution in [0.4, 0.5) is 10.8 Å². The number of thiazole rings is 1. The molecule has 27 heavy (non-hydrogen) atoms. The van der Waals surface area contributed by atoms with Crippen molar-refractivity contribution in [2.75, 3.05) is 42.9 Å². The summed E-state index contributed by atoms with van der Waals surface area (Å²) in [7, 11) is -3.72. The lowest BCUT2D eigenvalue weighted by Gasteiger charge is -2.26. The molecular formula is C17H22N4O4S2. The van der Waals surface area contributed by atoms with Gasteiger partial charge in [-0.3, -0.25) is 14.4 Å². The number of rotatable bonds is 7. The van der Waals surface area contributed by atoms with E-state index in [-0.39, 0.29) is 10.8 Å². The number of ether oxygens (including phenoxy) is 1. The minimum absolute atomic E-state index is 0.113. The first-order valence-corrected chi connectivity index (χ1v) is 10.9. The van der Waals surface area contributed by atoms with Gasteiger partial charge in [-0.2, -0.15) is 0 Å². The van der Waals surface area contributed by atoms with Crippen LogP contribution >= 0.6 is 11.3 Å². The highest BCUT2D eigenvalue weighted by Gasteiger charge is 2.17. The number of hydrogen-bond acceptors (Lipinski definition) is 7. The summed E-state index contributed by atoms with van der Waals surface area (Å²) in [6.45, 7) is 5.66. The van der Waals surface area contributed by atoms with Gasteiger partial charge in [-0.25, -0.2) is 13.4 Å². The summed E-state index contributed by atoms with van der Waals surface area (Å²) in [5, 5.41) is 2.95. The molecule has 1 fully saturated rings. The molecule has 0 radical (unpaired) electrons. The average molecular weight is 411 g/mol. The second-order valence-electron chi connectivity index (χ2n) is 6.15. The topological polar surface area (TPSA) is 101 Å². The monoisotopic (exact) mass is 410 g/mol. The second kappa shape index (κ2) is 8.79. The van der Waals surface area contributed by atoms with Crippen LogP contribution in [0.2, 0.25) is 0 Å². The third kappa shape index (κ3) is 5.73. The number of amides is 1. The maximum absolute atomic E-state index is 12.5. The third-order valence-electron chi connectivity index (χ3n) is 4.04. The summed E-state index contributed by atoms with van der Waals surface area (Å²) in [4.78, 5) is 18.7. The maximum atomic E-state index is 12.5. The number of sulfonamides is 1. The number of morpholine rings is 1. The van der Waals surface area contributed by atoms with Crippen molar-refractivity contribution in [3.8, 4) is 0 Å². The van der Waals surface area contributed by atoms with Crippen molar-refractivity contribution in [3.05, 3.63) is 35.3 Å². The first kappa shape index (κ1) is 19.7. The fourth-order valence-electron chi connectivity index (χ4n) is 2.66. The molecule has 0 atom stereocenters. The summed E-state index contributed by atoms with van der Waals surface area (Å²) in [6.07, 6.45) is 2.54. The number of benzene rings is 1. The summed E-state index contributed by atoms with van der Waals surface area (Å²) in [5.74, 6) is -0.212. The highest BCUT2D eigenvalue weighted by atomic mass is 32.2. The Labute approximate surface area is 162 Å². The molecule has 0 aliphatic carbocycles. The third-order valence-corrected chi connectivity index (χ3v) is 6.49. The van der Waals surface area contributed by atoms with E-state index in [1.165, 1.54) is 30.4 Å². The van der Waals surface area contributed by atoms with Crippen molar-refractivity contribution in [1.29, 1.82) is 0 Å². The van der Waals surface area contributed by atoms with Crippen LogP contribution in [-0.2, 0) is 26.0 Å². The normalized spacial score (nSPS) is 15.4. The molecule has 146 valence electrons. The van der Waals surface area contributed by atoms with Crippen molar-refractivity contribution in [2.24, 2.45) is 0 Å². The molecule has 1 saturated heterocycles. The van der Waals surface area contributed by atoms with Gasteiger partial charge in [0.05, 0.1) is 18.1 Å². The van der Waals surface area contributed by atoms with E-state index < -0.39 is 10.0 Å². The molecule has 2 N–H and O–H groups in total. The lowest BCUT2D eigenvalue weighted by molar-refractivity contribution is -0.114. The SMILES string of the molecule is CC(=O)Nc1ccc(S(=O)(=O)Nc2ncc(CCN3CCOCC3)s2)cc1. The molecule has 1 amide bonds. The number of nitrogens with one attached hydrogen (secondary N) is 2. The number of aromatic nitrogens is 1. The average Bonchev–Trinajstić information content (AvgIpc) is 3.07. The van der Waals surface area contributed by atoms with Crippen LogP contribution in [0, 0.1) is 0 Å². The Morgan fingerprint density at radius 1 is 1.26 bits per heavy atom. The zero-order valence-corrected chi connectivity index (χ0v) is 16.6. The van der Waals surface area contributed by atoms with Gasteiger partial charge in [-0.05, 0) is 30.7 Å². The highest BCUT2D eigenvalue weighted by molar-refractivity contribution is 7.93. The number of anilines is 2. The number of hydrogen-bond donors (Lipinski definition) is 2. The molecule has 1 aliphatic rings. The lowest BCUT2D eigenvalue weighted by atomic mass is 10.3. The Balaban J connectivity index is 1.58. The van der Waals surface area contributed by atoms with Gasteiger partial charge in [0.1, 0.15) is 0 Å². The van der Waals surface area contributed by atoms with Gasteiger partial charge in [0.25, 0.3) is 10.0 Å².